The van der Waals surface area contributed by atoms with Crippen LogP contribution < -0.4 is 0 Å². The zero-order chi connectivity index (χ0) is 11.5. The van der Waals surface area contributed by atoms with E-state index in [-0.39, 0.29) is 0 Å². The Bertz CT molecular complexity index is 335. The zero-order valence-electron chi connectivity index (χ0n) is 10.6. The predicted molar refractivity (Wildman–Crippen MR) is 69.1 cm³/mol. The van der Waals surface area contributed by atoms with E-state index in [1.165, 1.54) is 23.1 Å². The molecule has 0 aromatic heterocycles. The lowest BCUT2D eigenvalue weighted by Crippen LogP contribution is -2.14. The van der Waals surface area contributed by atoms with Crippen LogP contribution in [0.2, 0.25) is 0 Å². The summed E-state index contributed by atoms with van der Waals surface area (Å²) >= 11 is 0. The molecule has 0 fully saturated rings. The molecule has 0 atom stereocenters. The van der Waals surface area contributed by atoms with Gasteiger partial charge in [0.1, 0.15) is 0 Å². The first-order valence-electron chi connectivity index (χ1n) is 5.71. The smallest absolute Gasteiger partial charge is 0.0106 e. The third-order valence-electron chi connectivity index (χ3n) is 3.03. The first kappa shape index (κ1) is 12.0. The molecule has 82 valence electrons. The van der Waals surface area contributed by atoms with Crippen LogP contribution in [0.25, 0.3) is 6.08 Å². The van der Waals surface area contributed by atoms with Crippen molar-refractivity contribution in [2.24, 2.45) is 0 Å². The van der Waals surface area contributed by atoms with Crippen LogP contribution in [0.3, 0.4) is 0 Å². The Morgan fingerprint density at radius 2 is 1.67 bits per heavy atom. The molecule has 0 aliphatic heterocycles. The summed E-state index contributed by atoms with van der Waals surface area (Å²) in [6.07, 6.45) is 3.39. The number of rotatable bonds is 3. The Balaban J connectivity index is 2.95. The summed E-state index contributed by atoms with van der Waals surface area (Å²) < 4.78 is 0. The van der Waals surface area contributed by atoms with Gasteiger partial charge in [-0.1, -0.05) is 56.7 Å². The number of benzene rings is 1. The van der Waals surface area contributed by atoms with Crippen molar-refractivity contribution in [3.05, 3.63) is 41.0 Å². The second kappa shape index (κ2) is 4.65. The Morgan fingerprint density at radius 3 is 2.07 bits per heavy atom. The maximum Gasteiger partial charge on any atom is -0.0106 e. The maximum absolute atomic E-state index is 2.29. The molecule has 0 saturated heterocycles. The fourth-order valence-corrected chi connectivity index (χ4v) is 1.57. The van der Waals surface area contributed by atoms with Gasteiger partial charge >= 0.3 is 0 Å². The molecule has 15 heavy (non-hydrogen) atoms. The molecule has 0 aliphatic carbocycles. The summed E-state index contributed by atoms with van der Waals surface area (Å²) in [6.45, 7) is 11.1. The summed E-state index contributed by atoms with van der Waals surface area (Å²) in [5.41, 5.74) is 4.36. The minimum atomic E-state index is 0.295. The van der Waals surface area contributed by atoms with Crippen molar-refractivity contribution < 1.29 is 0 Å². The molecule has 0 radical (unpaired) electrons. The highest BCUT2D eigenvalue weighted by Crippen LogP contribution is 2.26. The van der Waals surface area contributed by atoms with Gasteiger partial charge in [-0.3, -0.25) is 0 Å². The SMILES string of the molecule is CCC(C)(C)c1ccc(C=C(C)C)cc1. The number of hydrogen-bond donors (Lipinski definition) is 0. The molecule has 0 unspecified atom stereocenters. The Morgan fingerprint density at radius 1 is 1.13 bits per heavy atom. The quantitative estimate of drug-likeness (QED) is 0.660. The third-order valence-corrected chi connectivity index (χ3v) is 3.03. The van der Waals surface area contributed by atoms with Gasteiger partial charge in [0, 0.05) is 0 Å². The van der Waals surface area contributed by atoms with Crippen molar-refractivity contribution in [3.63, 3.8) is 0 Å². The summed E-state index contributed by atoms with van der Waals surface area (Å²) in [4.78, 5) is 0. The van der Waals surface area contributed by atoms with Crippen LogP contribution in [0.15, 0.2) is 29.8 Å². The van der Waals surface area contributed by atoms with E-state index in [1.54, 1.807) is 0 Å². The number of allylic oxidation sites excluding steroid dienone is 1. The van der Waals surface area contributed by atoms with Gasteiger partial charge in [0.05, 0.1) is 0 Å². The van der Waals surface area contributed by atoms with Gasteiger partial charge in [0.25, 0.3) is 0 Å². The van der Waals surface area contributed by atoms with Crippen LogP contribution in [0.5, 0.6) is 0 Å². The average molecular weight is 202 g/mol. The molecule has 0 heteroatoms. The molecule has 0 spiro atoms. The first-order valence-corrected chi connectivity index (χ1v) is 5.71. The molecule has 1 aromatic carbocycles. The number of hydrogen-bond acceptors (Lipinski definition) is 0. The van der Waals surface area contributed by atoms with E-state index in [9.17, 15) is 0 Å². The Labute approximate surface area is 94.0 Å². The van der Waals surface area contributed by atoms with Gasteiger partial charge in [-0.25, -0.2) is 0 Å². The van der Waals surface area contributed by atoms with Gasteiger partial charge in [0.15, 0.2) is 0 Å². The van der Waals surface area contributed by atoms with E-state index < -0.39 is 0 Å². The topological polar surface area (TPSA) is 0 Å². The lowest BCUT2D eigenvalue weighted by atomic mass is 9.82. The zero-order valence-corrected chi connectivity index (χ0v) is 10.6. The van der Waals surface area contributed by atoms with Crippen LogP contribution >= 0.6 is 0 Å². The van der Waals surface area contributed by atoms with E-state index in [0.717, 1.165) is 0 Å². The van der Waals surface area contributed by atoms with Gasteiger partial charge in [-0.2, -0.15) is 0 Å². The molecule has 0 heterocycles. The summed E-state index contributed by atoms with van der Waals surface area (Å²) in [7, 11) is 0. The van der Waals surface area contributed by atoms with Gasteiger partial charge in [-0.05, 0) is 36.8 Å². The van der Waals surface area contributed by atoms with Crippen LogP contribution in [0.4, 0.5) is 0 Å². The molecular formula is C15H22. The van der Waals surface area contributed by atoms with E-state index in [4.69, 9.17) is 0 Å². The monoisotopic (exact) mass is 202 g/mol. The molecule has 0 amide bonds. The molecule has 0 saturated carbocycles. The fraction of sp³-hybridized carbons (Fsp3) is 0.467. The third kappa shape index (κ3) is 3.23. The molecule has 0 aliphatic rings. The summed E-state index contributed by atoms with van der Waals surface area (Å²) in [5, 5.41) is 0. The lowest BCUT2D eigenvalue weighted by molar-refractivity contribution is 0.506. The van der Waals surface area contributed by atoms with Crippen molar-refractivity contribution in [2.45, 2.75) is 46.5 Å². The van der Waals surface area contributed by atoms with E-state index in [1.807, 2.05) is 0 Å². The van der Waals surface area contributed by atoms with Crippen molar-refractivity contribution in [3.8, 4) is 0 Å². The molecule has 1 aromatic rings. The fourth-order valence-electron chi connectivity index (χ4n) is 1.57. The molecular weight excluding hydrogens is 180 g/mol. The second-order valence-corrected chi connectivity index (χ2v) is 5.08. The first-order chi connectivity index (χ1) is 6.95. The normalized spacial score (nSPS) is 11.3. The van der Waals surface area contributed by atoms with Crippen molar-refractivity contribution in [1.82, 2.24) is 0 Å². The summed E-state index contributed by atoms with van der Waals surface area (Å²) in [6, 6.07) is 8.91. The van der Waals surface area contributed by atoms with Crippen LogP contribution in [0, 0.1) is 0 Å². The largest absolute Gasteiger partial charge is 0.0758 e. The molecule has 0 bridgehead atoms. The second-order valence-electron chi connectivity index (χ2n) is 5.08. The van der Waals surface area contributed by atoms with Crippen LogP contribution in [-0.4, -0.2) is 0 Å². The maximum atomic E-state index is 2.29. The average Bonchev–Trinajstić information content (AvgIpc) is 2.18. The standard InChI is InChI=1S/C15H22/c1-6-15(4,5)14-9-7-13(8-10-14)11-12(2)3/h7-11H,6H2,1-5H3. The lowest BCUT2D eigenvalue weighted by Gasteiger charge is -2.23. The van der Waals surface area contributed by atoms with E-state index >= 15 is 0 Å². The predicted octanol–water partition coefficient (Wildman–Crippen LogP) is 4.80. The highest BCUT2D eigenvalue weighted by Gasteiger charge is 2.16. The van der Waals surface area contributed by atoms with Gasteiger partial charge in [0.2, 0.25) is 0 Å². The van der Waals surface area contributed by atoms with E-state index in [2.05, 4.69) is 65.0 Å². The highest BCUT2D eigenvalue weighted by atomic mass is 14.2. The Hall–Kier alpha value is -1.04. The molecule has 1 rings (SSSR count). The van der Waals surface area contributed by atoms with Crippen LogP contribution in [-0.2, 0) is 5.41 Å². The van der Waals surface area contributed by atoms with Crippen molar-refractivity contribution in [2.75, 3.05) is 0 Å². The van der Waals surface area contributed by atoms with Gasteiger partial charge in [-0.15, -0.1) is 0 Å². The van der Waals surface area contributed by atoms with Gasteiger partial charge < -0.3 is 0 Å². The van der Waals surface area contributed by atoms with Crippen molar-refractivity contribution >= 4 is 6.08 Å². The Kier molecular flexibility index (Phi) is 3.73. The van der Waals surface area contributed by atoms with E-state index in [0.29, 0.717) is 5.41 Å². The summed E-state index contributed by atoms with van der Waals surface area (Å²) in [5.74, 6) is 0. The molecule has 0 N–H and O–H groups in total. The molecule has 0 nitrogen and oxygen atoms in total. The van der Waals surface area contributed by atoms with Crippen LogP contribution in [0.1, 0.15) is 52.2 Å². The minimum absolute atomic E-state index is 0.295. The highest BCUT2D eigenvalue weighted by molar-refractivity contribution is 5.52. The minimum Gasteiger partial charge on any atom is -0.0758 e. The van der Waals surface area contributed by atoms with Crippen molar-refractivity contribution in [1.29, 1.82) is 0 Å².